The second kappa shape index (κ2) is 5.68. The summed E-state index contributed by atoms with van der Waals surface area (Å²) in [6.45, 7) is 0.965. The topological polar surface area (TPSA) is 61.0 Å². The zero-order valence-corrected chi connectivity index (χ0v) is 11.7. The van der Waals surface area contributed by atoms with Gasteiger partial charge in [-0.1, -0.05) is 0 Å². The fourth-order valence-electron chi connectivity index (χ4n) is 1.40. The lowest BCUT2D eigenvalue weighted by molar-refractivity contribution is 0.181. The quantitative estimate of drug-likeness (QED) is 0.942. The zero-order chi connectivity index (χ0) is 12.3. The van der Waals surface area contributed by atoms with Crippen LogP contribution in [-0.4, -0.2) is 17.1 Å². The van der Waals surface area contributed by atoms with Gasteiger partial charge in [-0.3, -0.25) is 4.98 Å². The third-order valence-corrected chi connectivity index (χ3v) is 3.80. The van der Waals surface area contributed by atoms with E-state index in [9.17, 15) is 0 Å². The Kier molecular flexibility index (Phi) is 4.22. The van der Waals surface area contributed by atoms with Crippen molar-refractivity contribution in [2.24, 2.45) is 5.73 Å². The van der Waals surface area contributed by atoms with Crippen LogP contribution in [0.15, 0.2) is 22.8 Å². The van der Waals surface area contributed by atoms with Crippen LogP contribution in [0, 0.1) is 0 Å². The lowest BCUT2D eigenvalue weighted by atomic mass is 10.3. The Morgan fingerprint density at radius 3 is 2.88 bits per heavy atom. The number of halogens is 1. The Bertz CT molecular complexity index is 498. The highest BCUT2D eigenvalue weighted by atomic mass is 79.9. The molecule has 0 unspecified atom stereocenters. The van der Waals surface area contributed by atoms with Crippen LogP contribution in [0.3, 0.4) is 0 Å². The van der Waals surface area contributed by atoms with Gasteiger partial charge in [-0.15, -0.1) is 11.3 Å². The van der Waals surface area contributed by atoms with E-state index in [1.807, 2.05) is 12.1 Å². The van der Waals surface area contributed by atoms with Gasteiger partial charge < -0.3 is 10.5 Å². The number of thiazole rings is 1. The maximum atomic E-state index is 5.68. The molecule has 2 N–H and O–H groups in total. The summed E-state index contributed by atoms with van der Waals surface area (Å²) in [7, 11) is 1.65. The van der Waals surface area contributed by atoms with Gasteiger partial charge in [0, 0.05) is 29.2 Å². The number of rotatable bonds is 4. The predicted octanol–water partition coefficient (Wildman–Crippen LogP) is 2.57. The lowest BCUT2D eigenvalue weighted by Gasteiger charge is -1.96. The Balaban J connectivity index is 2.35. The molecule has 17 heavy (non-hydrogen) atoms. The van der Waals surface area contributed by atoms with Crippen molar-refractivity contribution >= 4 is 27.3 Å². The molecule has 2 aromatic heterocycles. The summed E-state index contributed by atoms with van der Waals surface area (Å²) in [6.07, 6.45) is 1.76. The van der Waals surface area contributed by atoms with Crippen LogP contribution in [0.2, 0.25) is 0 Å². The molecule has 0 aliphatic heterocycles. The number of aromatic nitrogens is 2. The minimum Gasteiger partial charge on any atom is -0.378 e. The number of methoxy groups -OCH3 is 1. The summed E-state index contributed by atoms with van der Waals surface area (Å²) < 4.78 is 6.05. The molecular weight excluding hydrogens is 302 g/mol. The van der Waals surface area contributed by atoms with Gasteiger partial charge in [0.2, 0.25) is 0 Å². The Morgan fingerprint density at radius 2 is 2.29 bits per heavy atom. The molecule has 0 aliphatic rings. The van der Waals surface area contributed by atoms with Crippen LogP contribution in [0.5, 0.6) is 0 Å². The molecule has 0 amide bonds. The molecular formula is C11H12BrN3OS. The molecule has 6 heteroatoms. The van der Waals surface area contributed by atoms with Crippen molar-refractivity contribution in [3.63, 3.8) is 0 Å². The Labute approximate surface area is 112 Å². The lowest BCUT2D eigenvalue weighted by Crippen LogP contribution is -1.99. The summed E-state index contributed by atoms with van der Waals surface area (Å²) in [6, 6.07) is 3.88. The first-order valence-corrected chi connectivity index (χ1v) is 6.65. The molecule has 0 aliphatic carbocycles. The first-order chi connectivity index (χ1) is 8.24. The molecule has 2 rings (SSSR count). The third kappa shape index (κ3) is 2.90. The van der Waals surface area contributed by atoms with Crippen molar-refractivity contribution in [2.45, 2.75) is 13.2 Å². The highest BCUT2D eigenvalue weighted by molar-refractivity contribution is 9.10. The maximum Gasteiger partial charge on any atom is 0.142 e. The largest absolute Gasteiger partial charge is 0.378 e. The van der Waals surface area contributed by atoms with Gasteiger partial charge >= 0.3 is 0 Å². The van der Waals surface area contributed by atoms with Gasteiger partial charge in [0.25, 0.3) is 0 Å². The third-order valence-electron chi connectivity index (χ3n) is 2.19. The van der Waals surface area contributed by atoms with Gasteiger partial charge in [0.05, 0.1) is 18.0 Å². The van der Waals surface area contributed by atoms with Gasteiger partial charge in [0.15, 0.2) is 0 Å². The normalized spacial score (nSPS) is 10.8. The molecule has 0 saturated carbocycles. The van der Waals surface area contributed by atoms with Crippen LogP contribution < -0.4 is 5.73 Å². The van der Waals surface area contributed by atoms with E-state index in [4.69, 9.17) is 10.5 Å². The van der Waals surface area contributed by atoms with E-state index in [0.29, 0.717) is 13.2 Å². The smallest absolute Gasteiger partial charge is 0.142 e. The summed E-state index contributed by atoms with van der Waals surface area (Å²) in [5.74, 6) is 0. The highest BCUT2D eigenvalue weighted by Crippen LogP contribution is 2.27. The van der Waals surface area contributed by atoms with E-state index < -0.39 is 0 Å². The summed E-state index contributed by atoms with van der Waals surface area (Å²) in [5.41, 5.74) is 7.44. The number of pyridine rings is 1. The number of hydrogen-bond donors (Lipinski definition) is 1. The standard InChI is InChI=1S/C11H12BrN3OS/c1-16-6-9-10(4-13)17-11(15-9)8-3-2-7(12)5-14-8/h2-3,5H,4,6,13H2,1H3. The SMILES string of the molecule is COCc1nc(-c2ccc(Br)cn2)sc1CN. The highest BCUT2D eigenvalue weighted by Gasteiger charge is 2.11. The summed E-state index contributed by atoms with van der Waals surface area (Å²) >= 11 is 4.92. The van der Waals surface area contributed by atoms with Crippen LogP contribution in [0.1, 0.15) is 10.6 Å². The molecule has 2 heterocycles. The van der Waals surface area contributed by atoms with Crippen LogP contribution in [0.25, 0.3) is 10.7 Å². The first-order valence-electron chi connectivity index (χ1n) is 5.04. The van der Waals surface area contributed by atoms with Crippen molar-refractivity contribution in [3.05, 3.63) is 33.4 Å². The molecule has 0 fully saturated rings. The molecule has 90 valence electrons. The van der Waals surface area contributed by atoms with Gasteiger partial charge in [-0.2, -0.15) is 0 Å². The Morgan fingerprint density at radius 1 is 1.47 bits per heavy atom. The maximum absolute atomic E-state index is 5.68. The summed E-state index contributed by atoms with van der Waals surface area (Å²) in [5, 5.41) is 0.880. The number of nitrogens with zero attached hydrogens (tertiary/aromatic N) is 2. The van der Waals surface area contributed by atoms with Gasteiger partial charge in [-0.05, 0) is 28.1 Å². The van der Waals surface area contributed by atoms with E-state index in [1.165, 1.54) is 0 Å². The number of ether oxygens (including phenoxy) is 1. The molecule has 0 radical (unpaired) electrons. The monoisotopic (exact) mass is 313 g/mol. The van der Waals surface area contributed by atoms with Crippen LogP contribution >= 0.6 is 27.3 Å². The second-order valence-electron chi connectivity index (χ2n) is 3.39. The molecule has 0 bridgehead atoms. The predicted molar refractivity (Wildman–Crippen MR) is 71.6 cm³/mol. The molecule has 0 atom stereocenters. The van der Waals surface area contributed by atoms with Crippen molar-refractivity contribution in [1.29, 1.82) is 0 Å². The van der Waals surface area contributed by atoms with E-state index in [1.54, 1.807) is 24.6 Å². The average Bonchev–Trinajstić information content (AvgIpc) is 2.74. The van der Waals surface area contributed by atoms with Crippen molar-refractivity contribution in [3.8, 4) is 10.7 Å². The minimum atomic E-state index is 0.479. The molecule has 0 saturated heterocycles. The van der Waals surface area contributed by atoms with E-state index in [2.05, 4.69) is 25.9 Å². The van der Waals surface area contributed by atoms with Crippen molar-refractivity contribution in [1.82, 2.24) is 9.97 Å². The minimum absolute atomic E-state index is 0.479. The van der Waals surface area contributed by atoms with Crippen molar-refractivity contribution in [2.75, 3.05) is 7.11 Å². The zero-order valence-electron chi connectivity index (χ0n) is 9.31. The van der Waals surface area contributed by atoms with Crippen LogP contribution in [0.4, 0.5) is 0 Å². The first kappa shape index (κ1) is 12.6. The van der Waals surface area contributed by atoms with Gasteiger partial charge in [0.1, 0.15) is 5.01 Å². The number of hydrogen-bond acceptors (Lipinski definition) is 5. The molecule has 2 aromatic rings. The molecule has 4 nitrogen and oxygen atoms in total. The van der Waals surface area contributed by atoms with Gasteiger partial charge in [-0.25, -0.2) is 4.98 Å². The fourth-order valence-corrected chi connectivity index (χ4v) is 2.56. The van der Waals surface area contributed by atoms with E-state index >= 15 is 0 Å². The number of nitrogens with two attached hydrogens (primary N) is 1. The Hall–Kier alpha value is -0.820. The van der Waals surface area contributed by atoms with Crippen molar-refractivity contribution < 1.29 is 4.74 Å². The molecule has 0 aromatic carbocycles. The summed E-state index contributed by atoms with van der Waals surface area (Å²) in [4.78, 5) is 9.87. The van der Waals surface area contributed by atoms with E-state index in [-0.39, 0.29) is 0 Å². The van der Waals surface area contributed by atoms with E-state index in [0.717, 1.165) is 25.7 Å². The van der Waals surface area contributed by atoms with Crippen LogP contribution in [-0.2, 0) is 17.9 Å². The second-order valence-corrected chi connectivity index (χ2v) is 5.39. The molecule has 0 spiro atoms. The fraction of sp³-hybridized carbons (Fsp3) is 0.273. The average molecular weight is 314 g/mol.